The minimum Gasteiger partial charge on any atom is -0.280 e. The number of rotatable bonds is 18. The molecule has 0 aromatic heterocycles. The van der Waals surface area contributed by atoms with Crippen LogP contribution in [0.4, 0.5) is 184 Å². The third kappa shape index (κ3) is 8.45. The van der Waals surface area contributed by atoms with Crippen molar-refractivity contribution < 1.29 is 198 Å². The van der Waals surface area contributed by atoms with E-state index in [0.29, 0.717) is 0 Å². The fourth-order valence-corrected chi connectivity index (χ4v) is 5.61. The van der Waals surface area contributed by atoms with E-state index >= 15 is 0 Å². The zero-order chi connectivity index (χ0) is 54.1. The predicted molar refractivity (Wildman–Crippen MR) is 107 cm³/mol. The van der Waals surface area contributed by atoms with Gasteiger partial charge in [-0.15, -0.1) is 39.5 Å². The molecule has 0 saturated heterocycles. The summed E-state index contributed by atoms with van der Waals surface area (Å²) in [4.78, 5) is 0. The molecule has 0 aliphatic carbocycles. The Balaban J connectivity index is 8.20. The number of alkyl halides is 42. The first-order chi connectivity index (χ1) is 27.1. The van der Waals surface area contributed by atoms with E-state index in [4.69, 9.17) is 0 Å². The molecule has 0 atom stereocenters. The Morgan fingerprint density at radius 3 is 0.415 bits per heavy atom. The SMILES string of the molecule is FC(F)(F)O[Si](OC(F)(F)F)(OC(F)(F)F)C(F)(F)C(F)(F)C(F)(F)C(F)(F)C(F)(F)C(F)(F)C(F)(F)C(F)(F)C(F)(F)C(F)(F)C(F)(F)C(F)(F)C(F)(F)C(F)(F)C(F)(F)C(F)(F)F. The quantitative estimate of drug-likeness (QED) is 0.101. The van der Waals surface area contributed by atoms with E-state index in [1.807, 2.05) is 0 Å². The van der Waals surface area contributed by atoms with Gasteiger partial charge in [-0.25, -0.2) is 0 Å². The molecule has 0 aliphatic rings. The Morgan fingerprint density at radius 2 is 0.292 bits per heavy atom. The van der Waals surface area contributed by atoms with Gasteiger partial charge in [0.2, 0.25) is 0 Å². The molecule has 0 unspecified atom stereocenters. The Bertz CT molecular complexity index is 1650. The van der Waals surface area contributed by atoms with E-state index in [2.05, 4.69) is 0 Å². The van der Waals surface area contributed by atoms with E-state index in [0.717, 1.165) is 13.3 Å². The average molecular weight is 1100 g/mol. The highest BCUT2D eigenvalue weighted by atomic mass is 28.4. The average Bonchev–Trinajstić information content (AvgIpc) is 3.00. The van der Waals surface area contributed by atoms with Crippen LogP contribution in [0.2, 0.25) is 0 Å². The Morgan fingerprint density at radius 1 is 0.169 bits per heavy atom. The zero-order valence-electron chi connectivity index (χ0n) is 27.1. The Kier molecular flexibility index (Phi) is 14.7. The molecule has 0 N–H and O–H groups in total. The summed E-state index contributed by atoms with van der Waals surface area (Å²) in [5.41, 5.74) is -9.75. The second-order valence-electron chi connectivity index (χ2n) is 11.3. The minimum atomic E-state index is -11.0. The van der Waals surface area contributed by atoms with Crippen molar-refractivity contribution in [3.8, 4) is 0 Å². The van der Waals surface area contributed by atoms with Crippen LogP contribution in [-0.4, -0.2) is 123 Å². The summed E-state index contributed by atoms with van der Waals surface area (Å²) in [6.45, 7) is 0. The molecule has 0 radical (unpaired) electrons. The van der Waals surface area contributed by atoms with Crippen molar-refractivity contribution in [1.29, 1.82) is 0 Å². The van der Waals surface area contributed by atoms with Crippen molar-refractivity contribution in [2.75, 3.05) is 0 Å². The molecule has 0 aromatic rings. The summed E-state index contributed by atoms with van der Waals surface area (Å²) in [6.07, 6.45) is -32.7. The van der Waals surface area contributed by atoms with Gasteiger partial charge in [-0.3, -0.25) is 13.3 Å². The molecule has 0 aromatic carbocycles. The monoisotopic (exact) mass is 1100 g/mol. The maximum Gasteiger partial charge on any atom is 0.601 e. The standard InChI is InChI=1S/C19F42O3Si/c20-1(21,3(24,25)5(28,29)7(32,33)9(36,37)11(40,41)13(44,45)15(48,49)50)2(22,23)4(26,27)6(30,31)8(34,35)10(38,39)12(42,43)14(46,47)16(51,52)65(62-17(53,54)55,63-18(56,57)58)64-19(59,60)61. The van der Waals surface area contributed by atoms with E-state index < -0.39 is 123 Å². The molecule has 0 bridgehead atoms. The van der Waals surface area contributed by atoms with E-state index in [1.54, 1.807) is 0 Å². The third-order valence-electron chi connectivity index (χ3n) is 7.01. The van der Waals surface area contributed by atoms with Crippen LogP contribution in [0.25, 0.3) is 0 Å². The van der Waals surface area contributed by atoms with Crippen molar-refractivity contribution in [2.24, 2.45) is 0 Å². The molecule has 46 heteroatoms. The summed E-state index contributed by atoms with van der Waals surface area (Å²) in [6, 6.07) is 0. The van der Waals surface area contributed by atoms with E-state index in [1.165, 1.54) is 0 Å². The molecule has 392 valence electrons. The van der Waals surface area contributed by atoms with Gasteiger partial charge in [0.25, 0.3) is 0 Å². The van der Waals surface area contributed by atoms with Gasteiger partial charge >= 0.3 is 123 Å². The van der Waals surface area contributed by atoms with Crippen LogP contribution in [0.1, 0.15) is 0 Å². The van der Waals surface area contributed by atoms with E-state index in [9.17, 15) is 184 Å². The van der Waals surface area contributed by atoms with Crippen molar-refractivity contribution in [1.82, 2.24) is 0 Å². The van der Waals surface area contributed by atoms with Gasteiger partial charge in [-0.2, -0.15) is 145 Å². The van der Waals surface area contributed by atoms with Gasteiger partial charge in [0.05, 0.1) is 0 Å². The predicted octanol–water partition coefficient (Wildman–Crippen LogP) is 13.2. The number of halogens is 42. The van der Waals surface area contributed by atoms with Crippen molar-refractivity contribution in [3.05, 3.63) is 0 Å². The first-order valence-electron chi connectivity index (χ1n) is 13.2. The summed E-state index contributed by atoms with van der Waals surface area (Å²) in [5, 5.41) is 0. The lowest BCUT2D eigenvalue weighted by Crippen LogP contribution is -2.81. The fraction of sp³-hybridized carbons (Fsp3) is 1.00. The molecule has 0 saturated carbocycles. The normalized spacial score (nSPS) is 17.3. The van der Waals surface area contributed by atoms with Gasteiger partial charge in [-0.1, -0.05) is 0 Å². The molecular formula is C19F42O3Si. The lowest BCUT2D eigenvalue weighted by Gasteiger charge is -2.47. The van der Waals surface area contributed by atoms with Crippen molar-refractivity contribution in [3.63, 3.8) is 0 Å². The summed E-state index contributed by atoms with van der Waals surface area (Å²) in [5.74, 6) is -144. The van der Waals surface area contributed by atoms with Gasteiger partial charge in [0, 0.05) is 0 Å². The van der Waals surface area contributed by atoms with Crippen molar-refractivity contribution in [2.45, 2.75) is 114 Å². The molecule has 3 nitrogen and oxygen atoms in total. The van der Waals surface area contributed by atoms with Gasteiger partial charge in [0.1, 0.15) is 0 Å². The number of hydrogen-bond donors (Lipinski definition) is 0. The molecule has 0 spiro atoms. The number of hydrogen-bond acceptors (Lipinski definition) is 3. The molecular weight excluding hydrogens is 1100 g/mol. The second kappa shape index (κ2) is 15.3. The van der Waals surface area contributed by atoms with E-state index in [-0.39, 0.29) is 0 Å². The van der Waals surface area contributed by atoms with Crippen LogP contribution in [0, 0.1) is 0 Å². The minimum absolute atomic E-state index is 1.13. The summed E-state index contributed by atoms with van der Waals surface area (Å²) in [7, 11) is -11.0. The van der Waals surface area contributed by atoms with Crippen LogP contribution in [0.15, 0.2) is 0 Å². The highest BCUT2D eigenvalue weighted by molar-refractivity contribution is 6.64. The summed E-state index contributed by atoms with van der Waals surface area (Å²) >= 11 is 0. The van der Waals surface area contributed by atoms with Crippen molar-refractivity contribution >= 4 is 8.80 Å². The molecule has 0 heterocycles. The van der Waals surface area contributed by atoms with Gasteiger partial charge in [0.15, 0.2) is 0 Å². The highest BCUT2D eigenvalue weighted by Gasteiger charge is 3.03. The maximum absolute atomic E-state index is 14.4. The zero-order valence-corrected chi connectivity index (χ0v) is 28.1. The topological polar surface area (TPSA) is 27.7 Å². The van der Waals surface area contributed by atoms with Crippen LogP contribution in [0.3, 0.4) is 0 Å². The first kappa shape index (κ1) is 62.2. The maximum atomic E-state index is 14.4. The van der Waals surface area contributed by atoms with Crippen LogP contribution in [0.5, 0.6) is 0 Å². The molecule has 65 heavy (non-hydrogen) atoms. The second-order valence-corrected chi connectivity index (χ2v) is 13.7. The first-order valence-corrected chi connectivity index (χ1v) is 14.9. The molecule has 0 aliphatic heterocycles. The van der Waals surface area contributed by atoms with Crippen LogP contribution >= 0.6 is 0 Å². The fourth-order valence-electron chi connectivity index (χ4n) is 3.65. The molecule has 0 fully saturated rings. The smallest absolute Gasteiger partial charge is 0.280 e. The largest absolute Gasteiger partial charge is 0.601 e. The van der Waals surface area contributed by atoms with Gasteiger partial charge < -0.3 is 0 Å². The third-order valence-corrected chi connectivity index (χ3v) is 9.60. The lowest BCUT2D eigenvalue weighted by atomic mass is 9.83. The lowest BCUT2D eigenvalue weighted by molar-refractivity contribution is -0.491. The van der Waals surface area contributed by atoms with Gasteiger partial charge in [-0.05, 0) is 0 Å². The molecule has 0 amide bonds. The van der Waals surface area contributed by atoms with Crippen LogP contribution in [-0.2, 0) is 13.3 Å². The summed E-state index contributed by atoms with van der Waals surface area (Å²) < 4.78 is 568. The Labute approximate surface area is 321 Å². The Hall–Kier alpha value is -2.84. The highest BCUT2D eigenvalue weighted by Crippen LogP contribution is 2.70. The molecule has 0 rings (SSSR count). The van der Waals surface area contributed by atoms with Crippen LogP contribution < -0.4 is 0 Å².